The van der Waals surface area contributed by atoms with Crippen LogP contribution in [0.15, 0.2) is 29.4 Å². The highest BCUT2D eigenvalue weighted by Crippen LogP contribution is 2.29. The molecule has 0 atom stereocenters. The first-order valence-electron chi connectivity index (χ1n) is 9.98. The Bertz CT molecular complexity index is 725. The Morgan fingerprint density at radius 3 is 2.19 bits per heavy atom. The molecule has 2 rings (SSSR count). The van der Waals surface area contributed by atoms with E-state index in [1.54, 1.807) is 0 Å². The summed E-state index contributed by atoms with van der Waals surface area (Å²) in [6.45, 7) is 4.14. The molecule has 1 heterocycles. The van der Waals surface area contributed by atoms with Gasteiger partial charge in [-0.25, -0.2) is 4.98 Å². The van der Waals surface area contributed by atoms with E-state index >= 15 is 0 Å². The number of hydrogen-bond donors (Lipinski definition) is 2. The van der Waals surface area contributed by atoms with Crippen LogP contribution in [0, 0.1) is 6.92 Å². The molecule has 0 aliphatic heterocycles. The summed E-state index contributed by atoms with van der Waals surface area (Å²) in [7, 11) is 0. The van der Waals surface area contributed by atoms with E-state index in [1.807, 2.05) is 31.2 Å². The van der Waals surface area contributed by atoms with E-state index in [9.17, 15) is 10.3 Å². The number of oxime groups is 1. The topological polar surface area (TPSA) is 65.7 Å². The molecule has 0 spiro atoms. The molecular weight excluding hydrogens is 324 g/mol. The minimum atomic E-state index is 0.106. The smallest absolute Gasteiger partial charge is 0.150 e. The van der Waals surface area contributed by atoms with Crippen LogP contribution in [0.2, 0.25) is 0 Å². The average molecular weight is 357 g/mol. The molecule has 0 aliphatic carbocycles. The number of fused-ring (bicyclic) bond motifs is 1. The predicted octanol–water partition coefficient (Wildman–Crippen LogP) is 6.35. The van der Waals surface area contributed by atoms with Gasteiger partial charge in [0.05, 0.1) is 5.71 Å². The summed E-state index contributed by atoms with van der Waals surface area (Å²) in [5.41, 5.74) is 2.54. The van der Waals surface area contributed by atoms with E-state index < -0.39 is 0 Å². The summed E-state index contributed by atoms with van der Waals surface area (Å²) < 4.78 is 0. The van der Waals surface area contributed by atoms with Gasteiger partial charge in [-0.15, -0.1) is 0 Å². The monoisotopic (exact) mass is 356 g/mol. The molecule has 0 bridgehead atoms. The molecule has 0 saturated heterocycles. The molecule has 0 unspecified atom stereocenters. The highest BCUT2D eigenvalue weighted by Gasteiger charge is 2.13. The highest BCUT2D eigenvalue weighted by molar-refractivity contribution is 6.06. The summed E-state index contributed by atoms with van der Waals surface area (Å²) in [6, 6.07) is 7.60. The fourth-order valence-corrected chi connectivity index (χ4v) is 3.35. The lowest BCUT2D eigenvalue weighted by Crippen LogP contribution is -2.02. The summed E-state index contributed by atoms with van der Waals surface area (Å²) in [5, 5.41) is 24.3. The normalized spacial score (nSPS) is 12.0. The van der Waals surface area contributed by atoms with Crippen molar-refractivity contribution >= 4 is 16.6 Å². The van der Waals surface area contributed by atoms with E-state index in [4.69, 9.17) is 0 Å². The Balaban J connectivity index is 1.85. The van der Waals surface area contributed by atoms with Crippen molar-refractivity contribution in [2.45, 2.75) is 78.1 Å². The molecule has 4 nitrogen and oxygen atoms in total. The minimum absolute atomic E-state index is 0.106. The van der Waals surface area contributed by atoms with Gasteiger partial charge in [0.25, 0.3) is 0 Å². The van der Waals surface area contributed by atoms with Crippen LogP contribution in [-0.4, -0.2) is 21.0 Å². The number of rotatable bonds is 11. The van der Waals surface area contributed by atoms with Gasteiger partial charge in [0.15, 0.2) is 5.75 Å². The Morgan fingerprint density at radius 1 is 0.923 bits per heavy atom. The molecule has 26 heavy (non-hydrogen) atoms. The van der Waals surface area contributed by atoms with Gasteiger partial charge in [-0.1, -0.05) is 75.6 Å². The van der Waals surface area contributed by atoms with Gasteiger partial charge in [0.2, 0.25) is 0 Å². The van der Waals surface area contributed by atoms with E-state index in [-0.39, 0.29) is 5.75 Å². The first-order valence-corrected chi connectivity index (χ1v) is 9.98. The van der Waals surface area contributed by atoms with Crippen molar-refractivity contribution in [1.82, 2.24) is 4.98 Å². The number of hydrogen-bond acceptors (Lipinski definition) is 4. The van der Waals surface area contributed by atoms with Crippen LogP contribution in [0.3, 0.4) is 0 Å². The van der Waals surface area contributed by atoms with Gasteiger partial charge in [-0.2, -0.15) is 0 Å². The SMILES string of the molecule is CCCCCCCCCCC/C(=N\O)c1ccc2ccc(C)nc2c1O. The summed E-state index contributed by atoms with van der Waals surface area (Å²) >= 11 is 0. The van der Waals surface area contributed by atoms with Crippen LogP contribution < -0.4 is 0 Å². The van der Waals surface area contributed by atoms with E-state index in [1.165, 1.54) is 44.9 Å². The fraction of sp³-hybridized carbons (Fsp3) is 0.545. The van der Waals surface area contributed by atoms with Crippen LogP contribution in [0.25, 0.3) is 10.9 Å². The third-order valence-electron chi connectivity index (χ3n) is 4.92. The molecular formula is C22H32N2O2. The van der Waals surface area contributed by atoms with Crippen LogP contribution in [-0.2, 0) is 0 Å². The lowest BCUT2D eigenvalue weighted by Gasteiger charge is -2.10. The van der Waals surface area contributed by atoms with Crippen molar-refractivity contribution in [1.29, 1.82) is 0 Å². The number of unbranched alkanes of at least 4 members (excludes halogenated alkanes) is 8. The summed E-state index contributed by atoms with van der Waals surface area (Å²) in [5.74, 6) is 0.106. The number of nitrogens with zero attached hydrogens (tertiary/aromatic N) is 2. The van der Waals surface area contributed by atoms with E-state index in [0.717, 1.165) is 23.9 Å². The summed E-state index contributed by atoms with van der Waals surface area (Å²) in [4.78, 5) is 4.42. The van der Waals surface area contributed by atoms with Crippen molar-refractivity contribution < 1.29 is 10.3 Å². The maximum Gasteiger partial charge on any atom is 0.150 e. The molecule has 1 aromatic carbocycles. The van der Waals surface area contributed by atoms with Gasteiger partial charge in [-0.05, 0) is 31.9 Å². The third kappa shape index (κ3) is 5.72. The lowest BCUT2D eigenvalue weighted by atomic mass is 10.00. The zero-order chi connectivity index (χ0) is 18.8. The number of aryl methyl sites for hydroxylation is 1. The zero-order valence-electron chi connectivity index (χ0n) is 16.2. The van der Waals surface area contributed by atoms with Gasteiger partial charge < -0.3 is 10.3 Å². The van der Waals surface area contributed by atoms with Crippen LogP contribution in [0.4, 0.5) is 0 Å². The second-order valence-corrected chi connectivity index (χ2v) is 7.11. The van der Waals surface area contributed by atoms with Gasteiger partial charge in [0.1, 0.15) is 5.52 Å². The third-order valence-corrected chi connectivity index (χ3v) is 4.92. The Kier molecular flexibility index (Phi) is 8.39. The number of aromatic nitrogens is 1. The minimum Gasteiger partial charge on any atom is -0.505 e. The van der Waals surface area contributed by atoms with Crippen molar-refractivity contribution in [3.8, 4) is 5.75 Å². The number of phenolic OH excluding ortho intramolecular Hbond substituents is 1. The first kappa shape index (κ1) is 20.2. The van der Waals surface area contributed by atoms with Crippen molar-refractivity contribution in [3.63, 3.8) is 0 Å². The molecule has 1 aromatic heterocycles. The first-order chi connectivity index (χ1) is 12.7. The van der Waals surface area contributed by atoms with Gasteiger partial charge in [0, 0.05) is 16.6 Å². The molecule has 2 N–H and O–H groups in total. The average Bonchev–Trinajstić information content (AvgIpc) is 2.65. The lowest BCUT2D eigenvalue weighted by molar-refractivity contribution is 0.317. The summed E-state index contributed by atoms with van der Waals surface area (Å²) in [6.07, 6.45) is 11.9. The van der Waals surface area contributed by atoms with Crippen molar-refractivity contribution in [3.05, 3.63) is 35.5 Å². The van der Waals surface area contributed by atoms with Crippen molar-refractivity contribution in [2.24, 2.45) is 5.16 Å². The van der Waals surface area contributed by atoms with E-state index in [0.29, 0.717) is 23.2 Å². The maximum absolute atomic E-state index is 10.6. The highest BCUT2D eigenvalue weighted by atomic mass is 16.4. The zero-order valence-corrected chi connectivity index (χ0v) is 16.2. The predicted molar refractivity (Wildman–Crippen MR) is 108 cm³/mol. The molecule has 4 heteroatoms. The second kappa shape index (κ2) is 10.8. The molecule has 142 valence electrons. The number of phenols is 1. The largest absolute Gasteiger partial charge is 0.505 e. The van der Waals surface area contributed by atoms with E-state index in [2.05, 4.69) is 17.1 Å². The van der Waals surface area contributed by atoms with Gasteiger partial charge >= 0.3 is 0 Å². The Hall–Kier alpha value is -2.10. The van der Waals surface area contributed by atoms with Crippen LogP contribution in [0.5, 0.6) is 5.75 Å². The van der Waals surface area contributed by atoms with Crippen molar-refractivity contribution in [2.75, 3.05) is 0 Å². The Labute approximate surface area is 157 Å². The number of aromatic hydroxyl groups is 1. The second-order valence-electron chi connectivity index (χ2n) is 7.11. The Morgan fingerprint density at radius 2 is 1.54 bits per heavy atom. The molecule has 2 aromatic rings. The number of pyridine rings is 1. The van der Waals surface area contributed by atoms with Crippen LogP contribution >= 0.6 is 0 Å². The molecule has 0 aliphatic rings. The van der Waals surface area contributed by atoms with Gasteiger partial charge in [-0.3, -0.25) is 0 Å². The standard InChI is InChI=1S/C22H32N2O2/c1-3-4-5-6-7-8-9-10-11-12-20(24-26)19-16-15-18-14-13-17(2)23-21(18)22(19)25/h13-16,25-26H,3-12H2,1-2H3/b24-20+. The molecule has 0 amide bonds. The quantitative estimate of drug-likeness (QED) is 0.213. The molecule has 0 radical (unpaired) electrons. The van der Waals surface area contributed by atoms with Crippen LogP contribution in [0.1, 0.15) is 82.4 Å². The maximum atomic E-state index is 10.6. The fourth-order valence-electron chi connectivity index (χ4n) is 3.35. The molecule has 0 fully saturated rings. The molecule has 0 saturated carbocycles. The number of benzene rings is 1.